The molecule has 1 aliphatic heterocycles. The number of nitrogens with zero attached hydrogens (tertiary/aromatic N) is 1. The van der Waals surface area contributed by atoms with Crippen molar-refractivity contribution in [2.75, 3.05) is 37.7 Å². The first kappa shape index (κ1) is 14.8. The fourth-order valence-corrected chi connectivity index (χ4v) is 3.44. The second-order valence-electron chi connectivity index (χ2n) is 4.90. The Morgan fingerprint density at radius 1 is 1.26 bits per heavy atom. The van der Waals surface area contributed by atoms with Gasteiger partial charge in [0.15, 0.2) is 0 Å². The van der Waals surface area contributed by atoms with Crippen LogP contribution in [0.15, 0.2) is 24.3 Å². The Balaban J connectivity index is 1.89. The fourth-order valence-electron chi connectivity index (χ4n) is 2.46. The van der Waals surface area contributed by atoms with Crippen LogP contribution in [0.3, 0.4) is 0 Å². The Bertz CT molecular complexity index is 363. The SMILES string of the molecule is CCNC(CCN1CCSCC1)c1ccc(F)cc1. The van der Waals surface area contributed by atoms with Crippen molar-refractivity contribution in [3.63, 3.8) is 0 Å². The quantitative estimate of drug-likeness (QED) is 0.863. The Kier molecular flexibility index (Phi) is 6.14. The molecular weight excluding hydrogens is 259 g/mol. The highest BCUT2D eigenvalue weighted by Gasteiger charge is 2.14. The maximum Gasteiger partial charge on any atom is 0.123 e. The lowest BCUT2D eigenvalue weighted by molar-refractivity contribution is 0.281. The van der Waals surface area contributed by atoms with E-state index in [2.05, 4.69) is 17.1 Å². The molecule has 0 amide bonds. The molecule has 0 aliphatic carbocycles. The largest absolute Gasteiger partial charge is 0.310 e. The van der Waals surface area contributed by atoms with Gasteiger partial charge in [0.2, 0.25) is 0 Å². The number of benzene rings is 1. The molecule has 2 rings (SSSR count). The third-order valence-electron chi connectivity index (χ3n) is 3.56. The average molecular weight is 282 g/mol. The van der Waals surface area contributed by atoms with E-state index in [4.69, 9.17) is 0 Å². The Morgan fingerprint density at radius 3 is 2.58 bits per heavy atom. The van der Waals surface area contributed by atoms with E-state index < -0.39 is 0 Å². The number of hydrogen-bond donors (Lipinski definition) is 1. The van der Waals surface area contributed by atoms with Crippen LogP contribution >= 0.6 is 11.8 Å². The normalized spacial score (nSPS) is 18.4. The minimum absolute atomic E-state index is 0.160. The van der Waals surface area contributed by atoms with E-state index in [1.54, 1.807) is 12.1 Å². The molecule has 1 aromatic rings. The summed E-state index contributed by atoms with van der Waals surface area (Å²) in [5, 5.41) is 3.50. The zero-order valence-electron chi connectivity index (χ0n) is 11.6. The minimum atomic E-state index is -0.160. The highest BCUT2D eigenvalue weighted by molar-refractivity contribution is 7.99. The molecule has 106 valence electrons. The molecule has 19 heavy (non-hydrogen) atoms. The van der Waals surface area contributed by atoms with Crippen LogP contribution in [0, 0.1) is 5.82 Å². The lowest BCUT2D eigenvalue weighted by Crippen LogP contribution is -2.35. The lowest BCUT2D eigenvalue weighted by atomic mass is 10.0. The summed E-state index contributed by atoms with van der Waals surface area (Å²) in [5.41, 5.74) is 1.19. The van der Waals surface area contributed by atoms with E-state index in [9.17, 15) is 4.39 Å². The molecule has 1 aliphatic rings. The summed E-state index contributed by atoms with van der Waals surface area (Å²) in [6, 6.07) is 7.23. The van der Waals surface area contributed by atoms with Crippen LogP contribution in [0.25, 0.3) is 0 Å². The molecule has 1 atom stereocenters. The molecule has 0 bridgehead atoms. The van der Waals surface area contributed by atoms with Crippen LogP contribution in [0.4, 0.5) is 4.39 Å². The molecule has 0 saturated carbocycles. The van der Waals surface area contributed by atoms with Gasteiger partial charge in [-0.05, 0) is 30.7 Å². The summed E-state index contributed by atoms with van der Waals surface area (Å²) < 4.78 is 13.0. The minimum Gasteiger partial charge on any atom is -0.310 e. The number of thioether (sulfide) groups is 1. The van der Waals surface area contributed by atoms with Crippen LogP contribution in [0.5, 0.6) is 0 Å². The van der Waals surface area contributed by atoms with Crippen molar-refractivity contribution < 1.29 is 4.39 Å². The van der Waals surface area contributed by atoms with Gasteiger partial charge in [-0.15, -0.1) is 0 Å². The summed E-state index contributed by atoms with van der Waals surface area (Å²) >= 11 is 2.04. The smallest absolute Gasteiger partial charge is 0.123 e. The van der Waals surface area contributed by atoms with E-state index in [0.29, 0.717) is 6.04 Å². The highest BCUT2D eigenvalue weighted by atomic mass is 32.2. The predicted molar refractivity (Wildman–Crippen MR) is 81.2 cm³/mol. The third kappa shape index (κ3) is 4.79. The first-order valence-electron chi connectivity index (χ1n) is 7.08. The van der Waals surface area contributed by atoms with E-state index in [1.807, 2.05) is 23.9 Å². The molecule has 2 nitrogen and oxygen atoms in total. The van der Waals surface area contributed by atoms with Crippen LogP contribution in [0.2, 0.25) is 0 Å². The average Bonchev–Trinajstić information content (AvgIpc) is 2.46. The molecule has 4 heteroatoms. The van der Waals surface area contributed by atoms with Gasteiger partial charge in [-0.2, -0.15) is 11.8 Å². The molecule has 1 heterocycles. The topological polar surface area (TPSA) is 15.3 Å². The molecule has 1 N–H and O–H groups in total. The molecular formula is C15H23FN2S. The Morgan fingerprint density at radius 2 is 1.95 bits per heavy atom. The summed E-state index contributed by atoms with van der Waals surface area (Å²) in [7, 11) is 0. The van der Waals surface area contributed by atoms with Crippen molar-refractivity contribution >= 4 is 11.8 Å². The van der Waals surface area contributed by atoms with Crippen molar-refractivity contribution in [1.82, 2.24) is 10.2 Å². The molecule has 1 saturated heterocycles. The number of nitrogens with one attached hydrogen (secondary N) is 1. The maximum absolute atomic E-state index is 13.0. The van der Waals surface area contributed by atoms with Gasteiger partial charge in [0.1, 0.15) is 5.82 Å². The lowest BCUT2D eigenvalue weighted by Gasteiger charge is -2.28. The summed E-state index contributed by atoms with van der Waals surface area (Å²) in [5.74, 6) is 2.34. The molecule has 1 fully saturated rings. The summed E-state index contributed by atoms with van der Waals surface area (Å²) in [4.78, 5) is 2.53. The zero-order chi connectivity index (χ0) is 13.5. The van der Waals surface area contributed by atoms with Crippen LogP contribution in [0.1, 0.15) is 24.9 Å². The van der Waals surface area contributed by atoms with E-state index in [1.165, 1.54) is 30.2 Å². The predicted octanol–water partition coefficient (Wildman–Crippen LogP) is 2.92. The molecule has 0 spiro atoms. The highest BCUT2D eigenvalue weighted by Crippen LogP contribution is 2.19. The standard InChI is InChI=1S/C15H23FN2S/c1-2-17-15(13-3-5-14(16)6-4-13)7-8-18-9-11-19-12-10-18/h3-6,15,17H,2,7-12H2,1H3. The molecule has 1 unspecified atom stereocenters. The van der Waals surface area contributed by atoms with Crippen molar-refractivity contribution in [3.8, 4) is 0 Å². The first-order valence-corrected chi connectivity index (χ1v) is 8.24. The molecule has 0 radical (unpaired) electrons. The van der Waals surface area contributed by atoms with Gasteiger partial charge >= 0.3 is 0 Å². The van der Waals surface area contributed by atoms with Crippen molar-refractivity contribution in [2.24, 2.45) is 0 Å². The van der Waals surface area contributed by atoms with Gasteiger partial charge in [-0.1, -0.05) is 19.1 Å². The molecule has 1 aromatic carbocycles. The van der Waals surface area contributed by atoms with E-state index in [-0.39, 0.29) is 5.82 Å². The Labute approximate surface area is 119 Å². The van der Waals surface area contributed by atoms with Crippen molar-refractivity contribution in [2.45, 2.75) is 19.4 Å². The van der Waals surface area contributed by atoms with Crippen molar-refractivity contribution in [1.29, 1.82) is 0 Å². The van der Waals surface area contributed by atoms with Gasteiger partial charge in [-0.25, -0.2) is 4.39 Å². The molecule has 0 aromatic heterocycles. The fraction of sp³-hybridized carbons (Fsp3) is 0.600. The van der Waals surface area contributed by atoms with E-state index >= 15 is 0 Å². The van der Waals surface area contributed by atoms with Gasteiger partial charge < -0.3 is 10.2 Å². The van der Waals surface area contributed by atoms with Crippen LogP contribution in [-0.4, -0.2) is 42.6 Å². The number of halogens is 1. The van der Waals surface area contributed by atoms with Gasteiger partial charge in [0.25, 0.3) is 0 Å². The zero-order valence-corrected chi connectivity index (χ0v) is 12.4. The van der Waals surface area contributed by atoms with Crippen molar-refractivity contribution in [3.05, 3.63) is 35.6 Å². The third-order valence-corrected chi connectivity index (χ3v) is 4.50. The maximum atomic E-state index is 13.0. The second kappa shape index (κ2) is 7.88. The monoisotopic (exact) mass is 282 g/mol. The summed E-state index contributed by atoms with van der Waals surface area (Å²) in [6.45, 7) is 6.58. The Hall–Kier alpha value is -0.580. The van der Waals surface area contributed by atoms with Crippen LogP contribution < -0.4 is 5.32 Å². The van der Waals surface area contributed by atoms with E-state index in [0.717, 1.165) is 19.5 Å². The first-order chi connectivity index (χ1) is 9.29. The van der Waals surface area contributed by atoms with Gasteiger partial charge in [0.05, 0.1) is 0 Å². The van der Waals surface area contributed by atoms with Crippen LogP contribution in [-0.2, 0) is 0 Å². The second-order valence-corrected chi connectivity index (χ2v) is 6.13. The van der Waals surface area contributed by atoms with Gasteiger partial charge in [-0.3, -0.25) is 0 Å². The number of hydrogen-bond acceptors (Lipinski definition) is 3. The van der Waals surface area contributed by atoms with Gasteiger partial charge in [0, 0.05) is 37.2 Å². The number of rotatable bonds is 6. The summed E-state index contributed by atoms with van der Waals surface area (Å²) in [6.07, 6.45) is 1.09.